The third-order valence-electron chi connectivity index (χ3n) is 5.23. The molecular formula is C23H24. The standard InChI is InChI=1S/C23H24/c1-23(2,3)17-12-13-20-18-10-6-7-11-19(18)21(22(20)15-17)14-16-8-4-5-9-16/h4-8,10-13,15,21H,9,14H2,1-3H3. The van der Waals surface area contributed by atoms with Crippen LogP contribution in [0.25, 0.3) is 11.1 Å². The highest BCUT2D eigenvalue weighted by Crippen LogP contribution is 2.48. The zero-order chi connectivity index (χ0) is 16.0. The Morgan fingerprint density at radius 3 is 2.48 bits per heavy atom. The van der Waals surface area contributed by atoms with Crippen molar-refractivity contribution in [1.82, 2.24) is 0 Å². The first kappa shape index (κ1) is 14.5. The van der Waals surface area contributed by atoms with Crippen molar-refractivity contribution in [2.45, 2.75) is 44.9 Å². The van der Waals surface area contributed by atoms with E-state index in [1.165, 1.54) is 27.8 Å². The molecule has 0 bridgehead atoms. The van der Waals surface area contributed by atoms with Crippen LogP contribution in [0, 0.1) is 0 Å². The van der Waals surface area contributed by atoms with Crippen molar-refractivity contribution in [2.24, 2.45) is 0 Å². The van der Waals surface area contributed by atoms with Gasteiger partial charge in [-0.25, -0.2) is 0 Å². The molecule has 0 saturated carbocycles. The number of fused-ring (bicyclic) bond motifs is 3. The number of benzene rings is 2. The highest BCUT2D eigenvalue weighted by Gasteiger charge is 2.30. The topological polar surface area (TPSA) is 0 Å². The molecule has 0 amide bonds. The predicted molar refractivity (Wildman–Crippen MR) is 98.9 cm³/mol. The van der Waals surface area contributed by atoms with Gasteiger partial charge in [0.15, 0.2) is 0 Å². The first-order valence-corrected chi connectivity index (χ1v) is 8.62. The Hall–Kier alpha value is -2.08. The molecule has 0 N–H and O–H groups in total. The molecular weight excluding hydrogens is 276 g/mol. The normalized spacial score (nSPS) is 18.7. The average Bonchev–Trinajstić information content (AvgIpc) is 3.14. The average molecular weight is 300 g/mol. The molecule has 0 spiro atoms. The summed E-state index contributed by atoms with van der Waals surface area (Å²) in [7, 11) is 0. The molecule has 4 rings (SSSR count). The summed E-state index contributed by atoms with van der Waals surface area (Å²) in [5.74, 6) is 0.509. The van der Waals surface area contributed by atoms with Gasteiger partial charge in [-0.15, -0.1) is 0 Å². The summed E-state index contributed by atoms with van der Waals surface area (Å²) >= 11 is 0. The number of hydrogen-bond acceptors (Lipinski definition) is 0. The summed E-state index contributed by atoms with van der Waals surface area (Å²) in [6, 6.07) is 16.1. The fourth-order valence-corrected chi connectivity index (χ4v) is 3.90. The highest BCUT2D eigenvalue weighted by atomic mass is 14.3. The molecule has 0 aromatic heterocycles. The van der Waals surface area contributed by atoms with E-state index < -0.39 is 0 Å². The minimum atomic E-state index is 0.197. The monoisotopic (exact) mass is 300 g/mol. The smallest absolute Gasteiger partial charge is 0.0139 e. The molecule has 0 heterocycles. The minimum Gasteiger partial charge on any atom is -0.0805 e. The van der Waals surface area contributed by atoms with E-state index >= 15 is 0 Å². The lowest BCUT2D eigenvalue weighted by Gasteiger charge is -2.22. The van der Waals surface area contributed by atoms with Crippen molar-refractivity contribution < 1.29 is 0 Å². The van der Waals surface area contributed by atoms with Crippen LogP contribution in [0.15, 0.2) is 66.3 Å². The van der Waals surface area contributed by atoms with Gasteiger partial charge in [0, 0.05) is 5.92 Å². The Morgan fingerprint density at radius 1 is 0.957 bits per heavy atom. The lowest BCUT2D eigenvalue weighted by atomic mass is 9.83. The van der Waals surface area contributed by atoms with Gasteiger partial charge in [-0.3, -0.25) is 0 Å². The van der Waals surface area contributed by atoms with Crippen LogP contribution in [-0.2, 0) is 5.41 Å². The van der Waals surface area contributed by atoms with Gasteiger partial charge in [-0.1, -0.05) is 87.0 Å². The maximum Gasteiger partial charge on any atom is 0.0139 e. The second-order valence-corrected chi connectivity index (χ2v) is 7.85. The lowest BCUT2D eigenvalue weighted by molar-refractivity contribution is 0.589. The Morgan fingerprint density at radius 2 is 1.74 bits per heavy atom. The predicted octanol–water partition coefficient (Wildman–Crippen LogP) is 6.37. The van der Waals surface area contributed by atoms with Gasteiger partial charge < -0.3 is 0 Å². The maximum absolute atomic E-state index is 2.46. The van der Waals surface area contributed by atoms with E-state index in [-0.39, 0.29) is 5.41 Å². The summed E-state index contributed by atoms with van der Waals surface area (Å²) in [5, 5.41) is 0. The second-order valence-electron chi connectivity index (χ2n) is 7.85. The molecule has 2 aliphatic rings. The Balaban J connectivity index is 1.83. The number of allylic oxidation sites excluding steroid dienone is 4. The zero-order valence-electron chi connectivity index (χ0n) is 14.3. The first-order chi connectivity index (χ1) is 11.0. The van der Waals surface area contributed by atoms with Crippen molar-refractivity contribution in [1.29, 1.82) is 0 Å². The molecule has 2 aromatic rings. The summed E-state index contributed by atoms with van der Waals surface area (Å²) in [6.45, 7) is 6.90. The molecule has 0 radical (unpaired) electrons. The largest absolute Gasteiger partial charge is 0.0805 e. The minimum absolute atomic E-state index is 0.197. The van der Waals surface area contributed by atoms with E-state index in [2.05, 4.69) is 81.5 Å². The van der Waals surface area contributed by atoms with Gasteiger partial charge in [0.2, 0.25) is 0 Å². The SMILES string of the molecule is CC(C)(C)c1ccc2c(c1)C(CC1=CC=CC1)c1ccccc1-2. The fourth-order valence-electron chi connectivity index (χ4n) is 3.90. The van der Waals surface area contributed by atoms with Crippen molar-refractivity contribution in [3.8, 4) is 11.1 Å². The van der Waals surface area contributed by atoms with E-state index in [1.54, 1.807) is 5.57 Å². The van der Waals surface area contributed by atoms with Gasteiger partial charge in [0.25, 0.3) is 0 Å². The van der Waals surface area contributed by atoms with Crippen LogP contribution in [-0.4, -0.2) is 0 Å². The Labute approximate surface area is 139 Å². The number of rotatable bonds is 2. The van der Waals surface area contributed by atoms with Gasteiger partial charge in [-0.05, 0) is 46.1 Å². The van der Waals surface area contributed by atoms with E-state index in [9.17, 15) is 0 Å². The third-order valence-corrected chi connectivity index (χ3v) is 5.23. The Kier molecular flexibility index (Phi) is 3.30. The molecule has 116 valence electrons. The van der Waals surface area contributed by atoms with E-state index in [0.717, 1.165) is 12.8 Å². The number of hydrogen-bond donors (Lipinski definition) is 0. The van der Waals surface area contributed by atoms with Gasteiger partial charge in [0.05, 0.1) is 0 Å². The fraction of sp³-hybridized carbons (Fsp3) is 0.304. The van der Waals surface area contributed by atoms with Crippen LogP contribution < -0.4 is 0 Å². The molecule has 0 fully saturated rings. The van der Waals surface area contributed by atoms with E-state index in [1.807, 2.05) is 0 Å². The quantitative estimate of drug-likeness (QED) is 0.604. The first-order valence-electron chi connectivity index (χ1n) is 8.62. The molecule has 0 heteroatoms. The third kappa shape index (κ3) is 2.47. The van der Waals surface area contributed by atoms with E-state index in [4.69, 9.17) is 0 Å². The van der Waals surface area contributed by atoms with Crippen molar-refractivity contribution >= 4 is 0 Å². The molecule has 1 atom stereocenters. The van der Waals surface area contributed by atoms with Crippen LogP contribution >= 0.6 is 0 Å². The molecule has 23 heavy (non-hydrogen) atoms. The van der Waals surface area contributed by atoms with Crippen LogP contribution in [0.2, 0.25) is 0 Å². The molecule has 2 aliphatic carbocycles. The molecule has 0 saturated heterocycles. The summed E-state index contributed by atoms with van der Waals surface area (Å²) in [6.07, 6.45) is 9.02. The van der Waals surface area contributed by atoms with Crippen molar-refractivity contribution in [3.63, 3.8) is 0 Å². The second kappa shape index (κ2) is 5.23. The van der Waals surface area contributed by atoms with Crippen molar-refractivity contribution in [3.05, 3.63) is 83.0 Å². The summed E-state index contributed by atoms with van der Waals surface area (Å²) in [5.41, 5.74) is 9.08. The maximum atomic E-state index is 2.46. The lowest BCUT2D eigenvalue weighted by Crippen LogP contribution is -2.11. The summed E-state index contributed by atoms with van der Waals surface area (Å²) < 4.78 is 0. The van der Waals surface area contributed by atoms with Crippen LogP contribution in [0.1, 0.15) is 56.2 Å². The van der Waals surface area contributed by atoms with Gasteiger partial charge >= 0.3 is 0 Å². The van der Waals surface area contributed by atoms with Gasteiger partial charge in [-0.2, -0.15) is 0 Å². The van der Waals surface area contributed by atoms with Gasteiger partial charge in [0.1, 0.15) is 0 Å². The molecule has 1 unspecified atom stereocenters. The summed E-state index contributed by atoms with van der Waals surface area (Å²) in [4.78, 5) is 0. The highest BCUT2D eigenvalue weighted by molar-refractivity contribution is 5.79. The van der Waals surface area contributed by atoms with Crippen LogP contribution in [0.4, 0.5) is 0 Å². The Bertz CT molecular complexity index is 812. The zero-order valence-corrected chi connectivity index (χ0v) is 14.3. The van der Waals surface area contributed by atoms with Crippen LogP contribution in [0.3, 0.4) is 0 Å². The molecule has 0 nitrogen and oxygen atoms in total. The van der Waals surface area contributed by atoms with Crippen LogP contribution in [0.5, 0.6) is 0 Å². The molecule has 2 aromatic carbocycles. The molecule has 0 aliphatic heterocycles. The van der Waals surface area contributed by atoms with E-state index in [0.29, 0.717) is 5.92 Å². The van der Waals surface area contributed by atoms with Crippen molar-refractivity contribution in [2.75, 3.05) is 0 Å².